The summed E-state index contributed by atoms with van der Waals surface area (Å²) in [4.78, 5) is 11.3. The smallest absolute Gasteiger partial charge is 0.210 e. The Bertz CT molecular complexity index is 261. The average Bonchev–Trinajstić information content (AvgIpc) is 2.60. The van der Waals surface area contributed by atoms with Crippen LogP contribution in [0.3, 0.4) is 0 Å². The summed E-state index contributed by atoms with van der Waals surface area (Å²) in [6.45, 7) is 0. The van der Waals surface area contributed by atoms with Crippen LogP contribution in [0.15, 0.2) is 0 Å². The van der Waals surface area contributed by atoms with Crippen LogP contribution in [0.2, 0.25) is 0 Å². The van der Waals surface area contributed by atoms with E-state index in [1.807, 2.05) is 0 Å². The standard InChI is InChI=1S/C8H12N2OS2/c11-6(12)5-8(3-1-2-4-8)10-7(13)9-5/h5H,1-4H2,(H,11,12)(H2,9,10,13). The van der Waals surface area contributed by atoms with Gasteiger partial charge >= 0.3 is 0 Å². The average molecular weight is 216 g/mol. The number of hydrogen-bond donors (Lipinski definition) is 3. The van der Waals surface area contributed by atoms with E-state index in [4.69, 9.17) is 12.2 Å². The lowest BCUT2D eigenvalue weighted by Gasteiger charge is -2.27. The van der Waals surface area contributed by atoms with Crippen LogP contribution in [-0.4, -0.2) is 21.8 Å². The minimum absolute atomic E-state index is 0.116. The predicted octanol–water partition coefficient (Wildman–Crippen LogP) is 0.602. The topological polar surface area (TPSA) is 41.1 Å². The van der Waals surface area contributed by atoms with Gasteiger partial charge in [-0.05, 0) is 25.1 Å². The Labute approximate surface area is 88.1 Å². The van der Waals surface area contributed by atoms with Crippen molar-refractivity contribution in [1.29, 1.82) is 0 Å². The lowest BCUT2D eigenvalue weighted by atomic mass is 9.91. The van der Waals surface area contributed by atoms with E-state index in [2.05, 4.69) is 23.3 Å². The van der Waals surface area contributed by atoms with E-state index < -0.39 is 0 Å². The summed E-state index contributed by atoms with van der Waals surface area (Å²) in [5, 5.41) is 6.67. The number of thiol groups is 1. The third-order valence-corrected chi connectivity index (χ3v) is 3.41. The van der Waals surface area contributed by atoms with Crippen LogP contribution in [-0.2, 0) is 4.79 Å². The molecular weight excluding hydrogens is 204 g/mol. The van der Waals surface area contributed by atoms with Crippen molar-refractivity contribution < 1.29 is 4.79 Å². The first-order chi connectivity index (χ1) is 6.14. The number of rotatable bonds is 1. The minimum atomic E-state index is -0.231. The van der Waals surface area contributed by atoms with Gasteiger partial charge in [-0.15, -0.1) is 12.6 Å². The molecule has 5 heteroatoms. The van der Waals surface area contributed by atoms with Crippen LogP contribution >= 0.6 is 24.8 Å². The zero-order chi connectivity index (χ0) is 9.47. The summed E-state index contributed by atoms with van der Waals surface area (Å²) in [6.07, 6.45) is 4.35. The number of nitrogens with one attached hydrogen (secondary N) is 2. The maximum Gasteiger partial charge on any atom is 0.210 e. The lowest BCUT2D eigenvalue weighted by Crippen LogP contribution is -2.49. The molecule has 2 rings (SSSR count). The summed E-state index contributed by atoms with van der Waals surface area (Å²) in [5.41, 5.74) is -0.129. The molecule has 1 heterocycles. The molecule has 1 saturated heterocycles. The summed E-state index contributed by atoms with van der Waals surface area (Å²) < 4.78 is 0. The largest absolute Gasteiger partial charge is 0.355 e. The Morgan fingerprint density at radius 1 is 1.54 bits per heavy atom. The molecule has 0 aromatic heterocycles. The highest BCUT2D eigenvalue weighted by Gasteiger charge is 2.49. The van der Waals surface area contributed by atoms with E-state index >= 15 is 0 Å². The first kappa shape index (κ1) is 9.27. The molecule has 0 aromatic rings. The van der Waals surface area contributed by atoms with Crippen molar-refractivity contribution in [3.8, 4) is 0 Å². The molecule has 1 unspecified atom stereocenters. The zero-order valence-corrected chi connectivity index (χ0v) is 8.88. The zero-order valence-electron chi connectivity index (χ0n) is 7.17. The van der Waals surface area contributed by atoms with Crippen molar-refractivity contribution in [2.24, 2.45) is 0 Å². The van der Waals surface area contributed by atoms with Gasteiger partial charge in [-0.2, -0.15) is 0 Å². The summed E-state index contributed by atoms with van der Waals surface area (Å²) in [6, 6.07) is -0.231. The Kier molecular flexibility index (Phi) is 2.23. The molecule has 2 aliphatic rings. The molecule has 0 bridgehead atoms. The van der Waals surface area contributed by atoms with Crippen LogP contribution in [0.5, 0.6) is 0 Å². The Morgan fingerprint density at radius 3 is 2.69 bits per heavy atom. The maximum atomic E-state index is 11.3. The van der Waals surface area contributed by atoms with Gasteiger partial charge in [-0.1, -0.05) is 12.8 Å². The first-order valence-electron chi connectivity index (χ1n) is 4.45. The van der Waals surface area contributed by atoms with Gasteiger partial charge in [0.15, 0.2) is 5.11 Å². The van der Waals surface area contributed by atoms with Crippen molar-refractivity contribution >= 4 is 35.1 Å². The first-order valence-corrected chi connectivity index (χ1v) is 5.31. The highest BCUT2D eigenvalue weighted by molar-refractivity contribution is 7.96. The normalized spacial score (nSPS) is 30.2. The van der Waals surface area contributed by atoms with Crippen LogP contribution in [0.4, 0.5) is 0 Å². The second-order valence-electron chi connectivity index (χ2n) is 3.73. The molecule has 13 heavy (non-hydrogen) atoms. The molecule has 2 fully saturated rings. The van der Waals surface area contributed by atoms with Crippen molar-refractivity contribution in [3.05, 3.63) is 0 Å². The predicted molar refractivity (Wildman–Crippen MR) is 57.8 cm³/mol. The molecule has 1 saturated carbocycles. The molecule has 0 radical (unpaired) electrons. The number of carbonyl (C=O) groups excluding carboxylic acids is 1. The molecule has 1 spiro atoms. The van der Waals surface area contributed by atoms with Crippen molar-refractivity contribution in [1.82, 2.24) is 10.6 Å². The van der Waals surface area contributed by atoms with Crippen LogP contribution in [0.25, 0.3) is 0 Å². The van der Waals surface area contributed by atoms with E-state index in [1.165, 1.54) is 0 Å². The van der Waals surface area contributed by atoms with Crippen LogP contribution in [0.1, 0.15) is 25.7 Å². The van der Waals surface area contributed by atoms with Crippen molar-refractivity contribution in [2.45, 2.75) is 37.3 Å². The molecule has 1 aliphatic heterocycles. The molecular formula is C8H12N2OS2. The molecule has 1 atom stereocenters. The molecule has 0 amide bonds. The summed E-state index contributed by atoms with van der Waals surface area (Å²) in [7, 11) is 0. The van der Waals surface area contributed by atoms with E-state index in [1.54, 1.807) is 0 Å². The van der Waals surface area contributed by atoms with Crippen molar-refractivity contribution in [2.75, 3.05) is 0 Å². The summed E-state index contributed by atoms with van der Waals surface area (Å²) >= 11 is 8.90. The number of hydrogen-bond acceptors (Lipinski definition) is 2. The highest BCUT2D eigenvalue weighted by Crippen LogP contribution is 2.35. The third-order valence-electron chi connectivity index (χ3n) is 2.93. The van der Waals surface area contributed by atoms with Gasteiger partial charge in [0.25, 0.3) is 0 Å². The summed E-state index contributed by atoms with van der Waals surface area (Å²) in [5.74, 6) is 0. The second-order valence-corrected chi connectivity index (χ2v) is 4.58. The maximum absolute atomic E-state index is 11.3. The monoisotopic (exact) mass is 216 g/mol. The second kappa shape index (κ2) is 3.13. The van der Waals surface area contributed by atoms with Crippen LogP contribution in [0, 0.1) is 0 Å². The van der Waals surface area contributed by atoms with E-state index in [-0.39, 0.29) is 16.7 Å². The fraction of sp³-hybridized carbons (Fsp3) is 0.750. The van der Waals surface area contributed by atoms with Gasteiger partial charge in [0.05, 0.1) is 5.54 Å². The van der Waals surface area contributed by atoms with Gasteiger partial charge < -0.3 is 10.6 Å². The fourth-order valence-corrected chi connectivity index (χ4v) is 2.95. The molecule has 1 aliphatic carbocycles. The SMILES string of the molecule is O=C(S)C1NC(=S)NC12CCCC2. The minimum Gasteiger partial charge on any atom is -0.355 e. The Morgan fingerprint density at radius 2 is 2.15 bits per heavy atom. The molecule has 3 nitrogen and oxygen atoms in total. The Hall–Kier alpha value is -0.290. The molecule has 0 aromatic carbocycles. The lowest BCUT2D eigenvalue weighted by molar-refractivity contribution is -0.113. The third kappa shape index (κ3) is 1.44. The van der Waals surface area contributed by atoms with Crippen molar-refractivity contribution in [3.63, 3.8) is 0 Å². The number of carbonyl (C=O) groups is 1. The van der Waals surface area contributed by atoms with E-state index in [9.17, 15) is 4.79 Å². The van der Waals surface area contributed by atoms with E-state index in [0.717, 1.165) is 25.7 Å². The van der Waals surface area contributed by atoms with Crippen LogP contribution < -0.4 is 10.6 Å². The number of thiocarbonyl (C=S) groups is 1. The quantitative estimate of drug-likeness (QED) is 0.443. The van der Waals surface area contributed by atoms with Gasteiger partial charge in [0.1, 0.15) is 6.04 Å². The van der Waals surface area contributed by atoms with Gasteiger partial charge in [0, 0.05) is 0 Å². The molecule has 72 valence electrons. The van der Waals surface area contributed by atoms with E-state index in [0.29, 0.717) is 5.11 Å². The molecule has 2 N–H and O–H groups in total. The van der Waals surface area contributed by atoms with Gasteiger partial charge in [0.2, 0.25) is 5.12 Å². The fourth-order valence-electron chi connectivity index (χ4n) is 2.32. The van der Waals surface area contributed by atoms with Gasteiger partial charge in [-0.3, -0.25) is 4.79 Å². The highest BCUT2D eigenvalue weighted by atomic mass is 32.1. The van der Waals surface area contributed by atoms with Gasteiger partial charge in [-0.25, -0.2) is 0 Å². The Balaban J connectivity index is 2.25.